The number of benzene rings is 1. The maximum Gasteiger partial charge on any atom is 0.252 e. The number of halogens is 2. The summed E-state index contributed by atoms with van der Waals surface area (Å²) in [7, 11) is 0. The Balaban J connectivity index is 1.91. The Kier molecular flexibility index (Phi) is 4.65. The van der Waals surface area contributed by atoms with Gasteiger partial charge < -0.3 is 5.32 Å². The highest BCUT2D eigenvalue weighted by Crippen LogP contribution is 2.13. The number of nitrogens with zero attached hydrogens (tertiary/aromatic N) is 1. The first-order valence-corrected chi connectivity index (χ1v) is 7.24. The van der Waals surface area contributed by atoms with Gasteiger partial charge in [-0.2, -0.15) is 0 Å². The topological polar surface area (TPSA) is 42.0 Å². The Morgan fingerprint density at radius 1 is 1.50 bits per heavy atom. The molecule has 1 aromatic heterocycles. The molecule has 0 radical (unpaired) electrons. The van der Waals surface area contributed by atoms with Crippen molar-refractivity contribution in [2.45, 2.75) is 6.42 Å². The van der Waals surface area contributed by atoms with Gasteiger partial charge in [-0.25, -0.2) is 9.37 Å². The van der Waals surface area contributed by atoms with E-state index >= 15 is 0 Å². The van der Waals surface area contributed by atoms with Crippen LogP contribution in [0.1, 0.15) is 15.4 Å². The van der Waals surface area contributed by atoms with Crippen molar-refractivity contribution in [2.75, 3.05) is 6.54 Å². The molecule has 1 aromatic carbocycles. The highest BCUT2D eigenvalue weighted by Gasteiger charge is 2.10. The highest BCUT2D eigenvalue weighted by atomic mass is 127. The lowest BCUT2D eigenvalue weighted by atomic mass is 10.2. The quantitative estimate of drug-likeness (QED) is 0.834. The zero-order valence-corrected chi connectivity index (χ0v) is 12.3. The number of carbonyl (C=O) groups is 1. The molecule has 1 N–H and O–H groups in total. The van der Waals surface area contributed by atoms with E-state index in [9.17, 15) is 9.18 Å². The zero-order valence-electron chi connectivity index (χ0n) is 9.32. The van der Waals surface area contributed by atoms with Gasteiger partial charge >= 0.3 is 0 Å². The fourth-order valence-corrected chi connectivity index (χ4v) is 2.77. The molecule has 3 nitrogen and oxygen atoms in total. The number of thiazole rings is 1. The molecule has 0 unspecified atom stereocenters. The predicted molar refractivity (Wildman–Crippen MR) is 77.3 cm³/mol. The number of aromatic nitrogens is 1. The molecular formula is C12H10FIN2OS. The summed E-state index contributed by atoms with van der Waals surface area (Å²) in [4.78, 5) is 16.0. The number of hydrogen-bond donors (Lipinski definition) is 1. The van der Waals surface area contributed by atoms with Gasteiger partial charge in [-0.05, 0) is 40.8 Å². The Labute approximate surface area is 122 Å². The second-order valence-electron chi connectivity index (χ2n) is 3.56. The number of amides is 1. The molecule has 0 fully saturated rings. The van der Waals surface area contributed by atoms with E-state index in [-0.39, 0.29) is 11.7 Å². The predicted octanol–water partition coefficient (Wildman–Crippen LogP) is 2.86. The van der Waals surface area contributed by atoms with E-state index in [0.717, 1.165) is 5.01 Å². The van der Waals surface area contributed by atoms with Crippen LogP contribution in [0.25, 0.3) is 0 Å². The first-order chi connectivity index (χ1) is 8.66. The molecule has 1 heterocycles. The molecule has 1 amide bonds. The average molecular weight is 376 g/mol. The van der Waals surface area contributed by atoms with Crippen LogP contribution >= 0.6 is 33.9 Å². The van der Waals surface area contributed by atoms with Crippen molar-refractivity contribution in [3.63, 3.8) is 0 Å². The third-order valence-electron chi connectivity index (χ3n) is 2.28. The molecule has 0 aliphatic carbocycles. The average Bonchev–Trinajstić information content (AvgIpc) is 2.81. The van der Waals surface area contributed by atoms with E-state index in [1.54, 1.807) is 17.5 Å². The minimum atomic E-state index is -0.335. The monoisotopic (exact) mass is 376 g/mol. The summed E-state index contributed by atoms with van der Waals surface area (Å²) >= 11 is 3.51. The first-order valence-electron chi connectivity index (χ1n) is 5.28. The van der Waals surface area contributed by atoms with E-state index < -0.39 is 0 Å². The molecule has 0 aliphatic rings. The normalized spacial score (nSPS) is 10.3. The molecule has 0 bridgehead atoms. The van der Waals surface area contributed by atoms with Crippen LogP contribution in [0.4, 0.5) is 4.39 Å². The van der Waals surface area contributed by atoms with E-state index in [1.807, 2.05) is 28.0 Å². The number of carbonyl (C=O) groups excluding carboxylic acids is 1. The van der Waals surface area contributed by atoms with E-state index in [2.05, 4.69) is 10.3 Å². The largest absolute Gasteiger partial charge is 0.352 e. The Morgan fingerprint density at radius 2 is 2.33 bits per heavy atom. The van der Waals surface area contributed by atoms with Crippen molar-refractivity contribution in [1.82, 2.24) is 10.3 Å². The number of rotatable bonds is 4. The minimum Gasteiger partial charge on any atom is -0.352 e. The molecule has 0 saturated heterocycles. The van der Waals surface area contributed by atoms with Crippen LogP contribution in [0.5, 0.6) is 0 Å². The maximum absolute atomic E-state index is 12.9. The van der Waals surface area contributed by atoms with Crippen molar-refractivity contribution in [2.24, 2.45) is 0 Å². The Morgan fingerprint density at radius 3 is 3.00 bits per heavy atom. The van der Waals surface area contributed by atoms with Crippen molar-refractivity contribution >= 4 is 39.8 Å². The maximum atomic E-state index is 12.9. The lowest BCUT2D eigenvalue weighted by Gasteiger charge is -2.06. The SMILES string of the molecule is O=C(NCCc1nccs1)c1ccc(F)cc1I. The lowest BCUT2D eigenvalue weighted by molar-refractivity contribution is 0.0953. The van der Waals surface area contributed by atoms with E-state index in [1.165, 1.54) is 18.2 Å². The van der Waals surface area contributed by atoms with Gasteiger partial charge in [-0.15, -0.1) is 11.3 Å². The summed E-state index contributed by atoms with van der Waals surface area (Å²) in [6.07, 6.45) is 2.45. The van der Waals surface area contributed by atoms with Gasteiger partial charge in [0.15, 0.2) is 0 Å². The van der Waals surface area contributed by atoms with Crippen LogP contribution in [0.15, 0.2) is 29.8 Å². The molecule has 94 valence electrons. The molecule has 2 aromatic rings. The van der Waals surface area contributed by atoms with Crippen LogP contribution in [0, 0.1) is 9.39 Å². The summed E-state index contributed by atoms with van der Waals surface area (Å²) in [5.74, 6) is -0.519. The summed E-state index contributed by atoms with van der Waals surface area (Å²) in [6.45, 7) is 0.528. The Bertz CT molecular complexity index is 545. The summed E-state index contributed by atoms with van der Waals surface area (Å²) in [6, 6.07) is 4.13. The fourth-order valence-electron chi connectivity index (χ4n) is 1.43. The van der Waals surface area contributed by atoms with Gasteiger partial charge in [0.05, 0.1) is 10.6 Å². The fraction of sp³-hybridized carbons (Fsp3) is 0.167. The highest BCUT2D eigenvalue weighted by molar-refractivity contribution is 14.1. The third kappa shape index (κ3) is 3.49. The molecule has 18 heavy (non-hydrogen) atoms. The summed E-state index contributed by atoms with van der Waals surface area (Å²) in [5.41, 5.74) is 0.496. The molecule has 2 rings (SSSR count). The zero-order chi connectivity index (χ0) is 13.0. The minimum absolute atomic E-state index is 0.184. The van der Waals surface area contributed by atoms with Crippen molar-refractivity contribution in [3.8, 4) is 0 Å². The van der Waals surface area contributed by atoms with Crippen molar-refractivity contribution in [3.05, 3.63) is 49.7 Å². The number of nitrogens with one attached hydrogen (secondary N) is 1. The van der Waals surface area contributed by atoms with Crippen molar-refractivity contribution < 1.29 is 9.18 Å². The van der Waals surface area contributed by atoms with Gasteiger partial charge in [-0.3, -0.25) is 4.79 Å². The summed E-state index contributed by atoms with van der Waals surface area (Å²) < 4.78 is 13.5. The smallest absolute Gasteiger partial charge is 0.252 e. The molecule has 0 atom stereocenters. The van der Waals surface area contributed by atoms with Gasteiger partial charge in [0.2, 0.25) is 0 Å². The van der Waals surface area contributed by atoms with E-state index in [4.69, 9.17) is 0 Å². The van der Waals surface area contributed by atoms with Crippen molar-refractivity contribution in [1.29, 1.82) is 0 Å². The second kappa shape index (κ2) is 6.24. The molecule has 0 saturated carbocycles. The van der Waals surface area contributed by atoms with Crippen LogP contribution in [-0.4, -0.2) is 17.4 Å². The number of hydrogen-bond acceptors (Lipinski definition) is 3. The van der Waals surface area contributed by atoms with E-state index in [0.29, 0.717) is 22.1 Å². The first kappa shape index (κ1) is 13.4. The second-order valence-corrected chi connectivity index (χ2v) is 5.70. The van der Waals surface area contributed by atoms with Crippen LogP contribution < -0.4 is 5.32 Å². The van der Waals surface area contributed by atoms with Gasteiger partial charge in [0.1, 0.15) is 5.82 Å². The lowest BCUT2D eigenvalue weighted by Crippen LogP contribution is -2.26. The summed E-state index contributed by atoms with van der Waals surface area (Å²) in [5, 5.41) is 5.69. The van der Waals surface area contributed by atoms with Gasteiger partial charge in [0.25, 0.3) is 5.91 Å². The van der Waals surface area contributed by atoms with Gasteiger partial charge in [-0.1, -0.05) is 0 Å². The molecule has 6 heteroatoms. The van der Waals surface area contributed by atoms with Crippen LogP contribution in [0.2, 0.25) is 0 Å². The molecule has 0 spiro atoms. The molecular weight excluding hydrogens is 366 g/mol. The van der Waals surface area contributed by atoms with Crippen LogP contribution in [0.3, 0.4) is 0 Å². The third-order valence-corrected chi connectivity index (χ3v) is 4.02. The standard InChI is InChI=1S/C12H10FIN2OS/c13-8-1-2-9(10(14)7-8)12(17)16-4-3-11-15-5-6-18-11/h1-2,5-7H,3-4H2,(H,16,17). The molecule has 0 aliphatic heterocycles. The van der Waals surface area contributed by atoms with Crippen LogP contribution in [-0.2, 0) is 6.42 Å². The Hall–Kier alpha value is -1.02. The van der Waals surface area contributed by atoms with Gasteiger partial charge in [0, 0.05) is 28.1 Å².